The molecule has 0 aliphatic carbocycles. The highest BCUT2D eigenvalue weighted by Gasteiger charge is 2.56. The van der Waals surface area contributed by atoms with Crippen molar-refractivity contribution in [1.29, 1.82) is 0 Å². The van der Waals surface area contributed by atoms with Crippen molar-refractivity contribution < 1.29 is 32.6 Å². The lowest BCUT2D eigenvalue weighted by Crippen LogP contribution is -2.64. The van der Waals surface area contributed by atoms with Gasteiger partial charge in [-0.25, -0.2) is 0 Å². The first-order valence-corrected chi connectivity index (χ1v) is 6.96. The summed E-state index contributed by atoms with van der Waals surface area (Å²) < 4.78 is 42.3. The monoisotopic (exact) mass is 331 g/mol. The Bertz CT molecular complexity index is 568. The van der Waals surface area contributed by atoms with Crippen molar-refractivity contribution in [2.24, 2.45) is 5.41 Å². The van der Waals surface area contributed by atoms with Crippen molar-refractivity contribution >= 4 is 11.9 Å². The molecule has 0 saturated carbocycles. The first kappa shape index (κ1) is 17.3. The van der Waals surface area contributed by atoms with Crippen LogP contribution in [0.15, 0.2) is 30.3 Å². The third kappa shape index (κ3) is 4.01. The van der Waals surface area contributed by atoms with Crippen molar-refractivity contribution in [1.82, 2.24) is 4.90 Å². The largest absolute Gasteiger partial charge is 0.481 e. The number of alkyl halides is 3. The number of ether oxygens (including phenoxy) is 1. The first-order valence-electron chi connectivity index (χ1n) is 6.96. The van der Waals surface area contributed by atoms with Crippen LogP contribution < -0.4 is 0 Å². The number of nitrogens with zero attached hydrogens (tertiary/aromatic N) is 1. The number of carboxylic acids is 1. The first-order chi connectivity index (χ1) is 10.7. The second-order valence-electron chi connectivity index (χ2n) is 5.53. The predicted octanol–water partition coefficient (Wildman–Crippen LogP) is 2.07. The smallest absolute Gasteiger partial charge is 0.471 e. The van der Waals surface area contributed by atoms with E-state index in [1.54, 1.807) is 0 Å². The molecule has 1 amide bonds. The van der Waals surface area contributed by atoms with E-state index in [1.807, 2.05) is 30.3 Å². The molecule has 0 atom stereocenters. The minimum absolute atomic E-state index is 0.0524. The zero-order valence-corrected chi connectivity index (χ0v) is 12.2. The summed E-state index contributed by atoms with van der Waals surface area (Å²) in [6.07, 6.45) is -4.93. The SMILES string of the molecule is O=C(N1CC(CCOCc2ccccc2)(C(=O)O)C1)C(F)(F)F. The number of carboxylic acid groups (broad SMARTS) is 1. The third-order valence-electron chi connectivity index (χ3n) is 3.81. The molecule has 1 aromatic rings. The lowest BCUT2D eigenvalue weighted by molar-refractivity contribution is -0.201. The van der Waals surface area contributed by atoms with Crippen LogP contribution in [0.25, 0.3) is 0 Å². The molecule has 0 radical (unpaired) electrons. The molecule has 0 aromatic heterocycles. The average Bonchev–Trinajstić information content (AvgIpc) is 2.44. The van der Waals surface area contributed by atoms with Gasteiger partial charge in [-0.3, -0.25) is 9.59 Å². The van der Waals surface area contributed by atoms with Crippen molar-refractivity contribution in [3.63, 3.8) is 0 Å². The van der Waals surface area contributed by atoms with Crippen LogP contribution in [-0.2, 0) is 20.9 Å². The third-order valence-corrected chi connectivity index (χ3v) is 3.81. The van der Waals surface area contributed by atoms with Crippen molar-refractivity contribution in [3.8, 4) is 0 Å². The fraction of sp³-hybridized carbons (Fsp3) is 0.467. The molecule has 23 heavy (non-hydrogen) atoms. The number of halogens is 3. The molecule has 126 valence electrons. The normalized spacial score (nSPS) is 16.7. The number of aliphatic carboxylic acids is 1. The lowest BCUT2D eigenvalue weighted by atomic mass is 9.77. The second-order valence-corrected chi connectivity index (χ2v) is 5.53. The van der Waals surface area contributed by atoms with Gasteiger partial charge in [-0.2, -0.15) is 13.2 Å². The maximum Gasteiger partial charge on any atom is 0.471 e. The van der Waals surface area contributed by atoms with Gasteiger partial charge in [0.05, 0.1) is 6.61 Å². The van der Waals surface area contributed by atoms with Gasteiger partial charge in [-0.15, -0.1) is 0 Å². The molecule has 1 fully saturated rings. The van der Waals surface area contributed by atoms with Crippen molar-refractivity contribution in [3.05, 3.63) is 35.9 Å². The molecule has 1 aromatic carbocycles. The molecule has 0 bridgehead atoms. The van der Waals surface area contributed by atoms with Crippen LogP contribution in [0, 0.1) is 5.41 Å². The van der Waals surface area contributed by atoms with Gasteiger partial charge in [0.2, 0.25) is 0 Å². The zero-order valence-electron chi connectivity index (χ0n) is 12.2. The summed E-state index contributed by atoms with van der Waals surface area (Å²) in [5, 5.41) is 9.23. The molecular weight excluding hydrogens is 315 g/mol. The molecule has 1 aliphatic rings. The van der Waals surface area contributed by atoms with E-state index >= 15 is 0 Å². The molecule has 0 unspecified atom stereocenters. The molecule has 1 heterocycles. The van der Waals surface area contributed by atoms with E-state index in [1.165, 1.54) is 0 Å². The maximum absolute atomic E-state index is 12.3. The average molecular weight is 331 g/mol. The van der Waals surface area contributed by atoms with E-state index < -0.39 is 36.6 Å². The minimum Gasteiger partial charge on any atom is -0.481 e. The van der Waals surface area contributed by atoms with E-state index in [2.05, 4.69) is 0 Å². The van der Waals surface area contributed by atoms with Crippen LogP contribution in [0.3, 0.4) is 0 Å². The van der Waals surface area contributed by atoms with Gasteiger partial charge in [0.1, 0.15) is 5.41 Å². The number of likely N-dealkylation sites (tertiary alicyclic amines) is 1. The number of hydrogen-bond acceptors (Lipinski definition) is 3. The Morgan fingerprint density at radius 1 is 1.22 bits per heavy atom. The van der Waals surface area contributed by atoms with Gasteiger partial charge in [0.15, 0.2) is 0 Å². The molecule has 1 saturated heterocycles. The number of carbonyl (C=O) groups is 2. The zero-order chi connectivity index (χ0) is 17.1. The summed E-state index contributed by atoms with van der Waals surface area (Å²) in [5.74, 6) is -3.22. The van der Waals surface area contributed by atoms with E-state index in [0.717, 1.165) is 5.56 Å². The standard InChI is InChI=1S/C15H16F3NO4/c16-15(17,18)12(20)19-9-14(10-19,13(21)22)6-7-23-8-11-4-2-1-3-5-11/h1-5H,6-10H2,(H,21,22). The van der Waals surface area contributed by atoms with Crippen LogP contribution in [-0.4, -0.2) is 47.8 Å². The molecule has 8 heteroatoms. The van der Waals surface area contributed by atoms with Gasteiger partial charge in [-0.05, 0) is 12.0 Å². The Morgan fingerprint density at radius 2 is 1.83 bits per heavy atom. The fourth-order valence-corrected chi connectivity index (χ4v) is 2.44. The van der Waals surface area contributed by atoms with Crippen LogP contribution in [0.4, 0.5) is 13.2 Å². The quantitative estimate of drug-likeness (QED) is 0.811. The van der Waals surface area contributed by atoms with Gasteiger partial charge < -0.3 is 14.7 Å². The predicted molar refractivity (Wildman–Crippen MR) is 73.4 cm³/mol. The van der Waals surface area contributed by atoms with Gasteiger partial charge in [0, 0.05) is 19.7 Å². The van der Waals surface area contributed by atoms with E-state index in [4.69, 9.17) is 4.74 Å². The highest BCUT2D eigenvalue weighted by molar-refractivity contribution is 5.86. The Hall–Kier alpha value is -2.09. The lowest BCUT2D eigenvalue weighted by Gasteiger charge is -2.47. The molecule has 0 spiro atoms. The number of hydrogen-bond donors (Lipinski definition) is 1. The number of benzene rings is 1. The van der Waals surface area contributed by atoms with E-state index in [0.29, 0.717) is 11.5 Å². The Morgan fingerprint density at radius 3 is 2.35 bits per heavy atom. The molecule has 1 N–H and O–H groups in total. The topological polar surface area (TPSA) is 66.8 Å². The summed E-state index contributed by atoms with van der Waals surface area (Å²) >= 11 is 0. The highest BCUT2D eigenvalue weighted by Crippen LogP contribution is 2.37. The summed E-state index contributed by atoms with van der Waals surface area (Å²) in [4.78, 5) is 22.9. The number of carbonyl (C=O) groups excluding carboxylic acids is 1. The summed E-state index contributed by atoms with van der Waals surface area (Å²) in [6, 6.07) is 9.22. The summed E-state index contributed by atoms with van der Waals surface area (Å²) in [5.41, 5.74) is -0.447. The van der Waals surface area contributed by atoms with Crippen molar-refractivity contribution in [2.45, 2.75) is 19.2 Å². The molecule has 1 aliphatic heterocycles. The Kier molecular flexibility index (Phi) is 4.93. The minimum atomic E-state index is -4.98. The highest BCUT2D eigenvalue weighted by atomic mass is 19.4. The van der Waals surface area contributed by atoms with E-state index in [9.17, 15) is 27.9 Å². The van der Waals surface area contributed by atoms with Crippen LogP contribution in [0.2, 0.25) is 0 Å². The Balaban J connectivity index is 1.82. The molecule has 5 nitrogen and oxygen atoms in total. The molecular formula is C15H16F3NO4. The van der Waals surface area contributed by atoms with Gasteiger partial charge in [-0.1, -0.05) is 30.3 Å². The maximum atomic E-state index is 12.3. The van der Waals surface area contributed by atoms with Gasteiger partial charge in [0.25, 0.3) is 0 Å². The van der Waals surface area contributed by atoms with E-state index in [-0.39, 0.29) is 13.0 Å². The van der Waals surface area contributed by atoms with Crippen molar-refractivity contribution in [2.75, 3.05) is 19.7 Å². The molecule has 2 rings (SSSR count). The summed E-state index contributed by atoms with van der Waals surface area (Å²) in [7, 11) is 0. The number of rotatable bonds is 6. The van der Waals surface area contributed by atoms with Gasteiger partial charge >= 0.3 is 18.1 Å². The van der Waals surface area contributed by atoms with Crippen LogP contribution in [0.5, 0.6) is 0 Å². The van der Waals surface area contributed by atoms with Crippen LogP contribution in [0.1, 0.15) is 12.0 Å². The Labute approximate surface area is 130 Å². The number of amides is 1. The fourth-order valence-electron chi connectivity index (χ4n) is 2.44. The second kappa shape index (κ2) is 6.57. The summed E-state index contributed by atoms with van der Waals surface area (Å²) in [6.45, 7) is -0.512. The van der Waals surface area contributed by atoms with Crippen LogP contribution >= 0.6 is 0 Å².